The summed E-state index contributed by atoms with van der Waals surface area (Å²) < 4.78 is 5.44. The van der Waals surface area contributed by atoms with Gasteiger partial charge in [-0.3, -0.25) is 0 Å². The topological polar surface area (TPSA) is 84.6 Å². The summed E-state index contributed by atoms with van der Waals surface area (Å²) in [7, 11) is 0. The number of nitrogen functional groups attached to an aromatic ring is 1. The highest BCUT2D eigenvalue weighted by Gasteiger charge is 2.36. The van der Waals surface area contributed by atoms with Crippen LogP contribution in [0.25, 0.3) is 0 Å². The third-order valence-electron chi connectivity index (χ3n) is 3.37. The van der Waals surface area contributed by atoms with Crippen LogP contribution in [-0.4, -0.2) is 30.3 Å². The molecule has 0 amide bonds. The summed E-state index contributed by atoms with van der Waals surface area (Å²) >= 11 is 0. The van der Waals surface area contributed by atoms with Gasteiger partial charge in [0.1, 0.15) is 0 Å². The molecule has 0 aliphatic carbocycles. The first-order valence-electron chi connectivity index (χ1n) is 5.88. The summed E-state index contributed by atoms with van der Waals surface area (Å²) in [6, 6.07) is 5.10. The summed E-state index contributed by atoms with van der Waals surface area (Å²) in [5.74, 6) is -1.02. The van der Waals surface area contributed by atoms with Crippen molar-refractivity contribution in [3.05, 3.63) is 23.8 Å². The predicted octanol–water partition coefficient (Wildman–Crippen LogP) is 1.80. The number of carboxylic acids is 1. The minimum absolute atomic E-state index is 0.00562. The van der Waals surface area contributed by atoms with E-state index in [0.29, 0.717) is 18.9 Å². The molecule has 5 nitrogen and oxygen atoms in total. The summed E-state index contributed by atoms with van der Waals surface area (Å²) in [6.07, 6.45) is 0. The average molecular weight is 250 g/mol. The van der Waals surface area contributed by atoms with Gasteiger partial charge in [0.05, 0.1) is 36.2 Å². The molecule has 4 N–H and O–H groups in total. The lowest BCUT2D eigenvalue weighted by Gasteiger charge is -2.27. The van der Waals surface area contributed by atoms with Crippen molar-refractivity contribution < 1.29 is 14.6 Å². The molecule has 0 aromatic heterocycles. The Bertz CT molecular complexity index is 471. The van der Waals surface area contributed by atoms with Gasteiger partial charge in [0.2, 0.25) is 0 Å². The number of hydrogen-bond donors (Lipinski definition) is 3. The molecule has 1 aromatic rings. The minimum Gasteiger partial charge on any atom is -0.478 e. The van der Waals surface area contributed by atoms with E-state index in [-0.39, 0.29) is 22.7 Å². The van der Waals surface area contributed by atoms with Gasteiger partial charge in [-0.2, -0.15) is 0 Å². The van der Waals surface area contributed by atoms with Gasteiger partial charge in [0.15, 0.2) is 0 Å². The Balaban J connectivity index is 2.25. The Morgan fingerprint density at radius 2 is 2.28 bits per heavy atom. The smallest absolute Gasteiger partial charge is 0.337 e. The molecular weight excluding hydrogens is 232 g/mol. The fourth-order valence-corrected chi connectivity index (χ4v) is 2.07. The molecule has 1 heterocycles. The Morgan fingerprint density at radius 3 is 2.83 bits per heavy atom. The first-order valence-corrected chi connectivity index (χ1v) is 5.88. The van der Waals surface area contributed by atoms with Gasteiger partial charge in [-0.05, 0) is 12.1 Å². The monoisotopic (exact) mass is 250 g/mol. The molecular formula is C13H18N2O3. The van der Waals surface area contributed by atoms with Crippen LogP contribution < -0.4 is 11.1 Å². The third kappa shape index (κ3) is 2.26. The normalized spacial score (nSPS) is 21.8. The number of para-hydroxylation sites is 1. The Labute approximate surface area is 106 Å². The van der Waals surface area contributed by atoms with Crippen molar-refractivity contribution >= 4 is 17.3 Å². The van der Waals surface area contributed by atoms with Gasteiger partial charge in [0, 0.05) is 5.41 Å². The standard InChI is InChI=1S/C13H18N2O3/c1-13(2)7-18-6-10(13)15-9-5-3-4-8(11(9)14)12(16)17/h3-5,10,15H,6-7,14H2,1-2H3,(H,16,17). The number of carbonyl (C=O) groups is 1. The molecule has 18 heavy (non-hydrogen) atoms. The van der Waals surface area contributed by atoms with Crippen molar-refractivity contribution in [2.75, 3.05) is 24.3 Å². The van der Waals surface area contributed by atoms with Crippen LogP contribution in [0.5, 0.6) is 0 Å². The highest BCUT2D eigenvalue weighted by molar-refractivity contribution is 5.97. The zero-order chi connectivity index (χ0) is 13.3. The summed E-state index contributed by atoms with van der Waals surface area (Å²) in [4.78, 5) is 11.0. The number of nitrogens with one attached hydrogen (secondary N) is 1. The van der Waals surface area contributed by atoms with Crippen molar-refractivity contribution in [3.63, 3.8) is 0 Å². The van der Waals surface area contributed by atoms with E-state index >= 15 is 0 Å². The number of nitrogens with two attached hydrogens (primary N) is 1. The summed E-state index contributed by atoms with van der Waals surface area (Å²) in [5, 5.41) is 12.3. The summed E-state index contributed by atoms with van der Waals surface area (Å²) in [5.41, 5.74) is 6.92. The number of aromatic carboxylic acids is 1. The minimum atomic E-state index is -1.02. The van der Waals surface area contributed by atoms with Crippen LogP contribution in [0.15, 0.2) is 18.2 Å². The Hall–Kier alpha value is -1.75. The molecule has 1 fully saturated rings. The fourth-order valence-electron chi connectivity index (χ4n) is 2.07. The number of ether oxygens (including phenoxy) is 1. The molecule has 2 rings (SSSR count). The quantitative estimate of drug-likeness (QED) is 0.712. The van der Waals surface area contributed by atoms with Gasteiger partial charge in [-0.25, -0.2) is 4.79 Å². The van der Waals surface area contributed by atoms with Gasteiger partial charge in [-0.1, -0.05) is 19.9 Å². The van der Waals surface area contributed by atoms with Crippen molar-refractivity contribution in [1.82, 2.24) is 0 Å². The lowest BCUT2D eigenvalue weighted by Crippen LogP contribution is -2.34. The van der Waals surface area contributed by atoms with Crippen LogP contribution >= 0.6 is 0 Å². The predicted molar refractivity (Wildman–Crippen MR) is 69.8 cm³/mol. The third-order valence-corrected chi connectivity index (χ3v) is 3.37. The molecule has 1 aromatic carbocycles. The fraction of sp³-hybridized carbons (Fsp3) is 0.462. The van der Waals surface area contributed by atoms with Crippen LogP contribution in [0, 0.1) is 5.41 Å². The maximum absolute atomic E-state index is 11.0. The number of rotatable bonds is 3. The molecule has 0 spiro atoms. The molecule has 0 bridgehead atoms. The van der Waals surface area contributed by atoms with Crippen molar-refractivity contribution in [2.24, 2.45) is 5.41 Å². The maximum Gasteiger partial charge on any atom is 0.337 e. The zero-order valence-electron chi connectivity index (χ0n) is 10.6. The van der Waals surface area contributed by atoms with E-state index in [2.05, 4.69) is 19.2 Å². The van der Waals surface area contributed by atoms with E-state index < -0.39 is 5.97 Å². The second-order valence-electron chi connectivity index (χ2n) is 5.27. The number of carboxylic acid groups (broad SMARTS) is 1. The van der Waals surface area contributed by atoms with Crippen LogP contribution in [0.3, 0.4) is 0 Å². The van der Waals surface area contributed by atoms with Gasteiger partial charge in [-0.15, -0.1) is 0 Å². The van der Waals surface area contributed by atoms with E-state index in [4.69, 9.17) is 15.6 Å². The van der Waals surface area contributed by atoms with Gasteiger partial charge < -0.3 is 20.9 Å². The van der Waals surface area contributed by atoms with E-state index in [1.165, 1.54) is 6.07 Å². The second kappa shape index (κ2) is 4.49. The first-order chi connectivity index (χ1) is 8.42. The Kier molecular flexibility index (Phi) is 3.17. The lowest BCUT2D eigenvalue weighted by atomic mass is 9.87. The van der Waals surface area contributed by atoms with Crippen molar-refractivity contribution in [3.8, 4) is 0 Å². The second-order valence-corrected chi connectivity index (χ2v) is 5.27. The lowest BCUT2D eigenvalue weighted by molar-refractivity contribution is 0.0698. The molecule has 5 heteroatoms. The molecule has 98 valence electrons. The van der Waals surface area contributed by atoms with Crippen LogP contribution in [0.4, 0.5) is 11.4 Å². The summed E-state index contributed by atoms with van der Waals surface area (Å²) in [6.45, 7) is 5.50. The molecule has 1 aliphatic heterocycles. The zero-order valence-corrected chi connectivity index (χ0v) is 10.6. The molecule has 1 aliphatic rings. The molecule has 1 atom stereocenters. The first kappa shape index (κ1) is 12.7. The number of anilines is 2. The van der Waals surface area contributed by atoms with E-state index in [9.17, 15) is 4.79 Å². The molecule has 1 unspecified atom stereocenters. The van der Waals surface area contributed by atoms with E-state index in [1.807, 2.05) is 0 Å². The van der Waals surface area contributed by atoms with Gasteiger partial charge >= 0.3 is 5.97 Å². The van der Waals surface area contributed by atoms with Crippen LogP contribution in [0.2, 0.25) is 0 Å². The molecule has 0 saturated carbocycles. The van der Waals surface area contributed by atoms with E-state index in [0.717, 1.165) is 0 Å². The van der Waals surface area contributed by atoms with Crippen molar-refractivity contribution in [2.45, 2.75) is 19.9 Å². The largest absolute Gasteiger partial charge is 0.478 e. The number of benzene rings is 1. The molecule has 0 radical (unpaired) electrons. The highest BCUT2D eigenvalue weighted by Crippen LogP contribution is 2.32. The molecule has 1 saturated heterocycles. The average Bonchev–Trinajstić information content (AvgIpc) is 2.61. The van der Waals surface area contributed by atoms with Crippen molar-refractivity contribution in [1.29, 1.82) is 0 Å². The van der Waals surface area contributed by atoms with Crippen LogP contribution in [0.1, 0.15) is 24.2 Å². The highest BCUT2D eigenvalue weighted by atomic mass is 16.5. The van der Waals surface area contributed by atoms with E-state index in [1.54, 1.807) is 12.1 Å². The van der Waals surface area contributed by atoms with Gasteiger partial charge in [0.25, 0.3) is 0 Å². The number of hydrogen-bond acceptors (Lipinski definition) is 4. The SMILES string of the molecule is CC1(C)COCC1Nc1cccc(C(=O)O)c1N. The maximum atomic E-state index is 11.0. The Morgan fingerprint density at radius 1 is 1.56 bits per heavy atom. The van der Waals surface area contributed by atoms with Crippen LogP contribution in [-0.2, 0) is 4.74 Å².